The van der Waals surface area contributed by atoms with E-state index in [1.54, 1.807) is 0 Å². The van der Waals surface area contributed by atoms with E-state index in [0.717, 1.165) is 36.2 Å². The molecule has 1 atom stereocenters. The average molecular weight is 246 g/mol. The molecule has 3 N–H and O–H groups in total. The molecule has 1 fully saturated rings. The average Bonchev–Trinajstić information content (AvgIpc) is 2.63. The van der Waals surface area contributed by atoms with Crippen molar-refractivity contribution >= 4 is 17.3 Å². The predicted octanol–water partition coefficient (Wildman–Crippen LogP) is 3.34. The van der Waals surface area contributed by atoms with Crippen molar-refractivity contribution < 1.29 is 4.79 Å². The molecule has 0 heterocycles. The molecule has 0 saturated heterocycles. The second kappa shape index (κ2) is 4.63. The molecule has 0 aliphatic heterocycles. The number of aryl methyl sites for hydroxylation is 1. The molecule has 1 aromatic carbocycles. The zero-order chi connectivity index (χ0) is 13.3. The minimum atomic E-state index is 0.118. The highest BCUT2D eigenvalue weighted by atomic mass is 16.1. The van der Waals surface area contributed by atoms with Crippen LogP contribution in [0.4, 0.5) is 11.4 Å². The number of benzene rings is 1. The standard InChI is InChI=1S/C15H22N2O/c1-10-9-11(6-7-13(10)16)17-14(18)12-5-4-8-15(12,2)3/h6-7,9,12H,4-5,8,16H2,1-3H3,(H,17,18). The first-order chi connectivity index (χ1) is 8.40. The lowest BCUT2D eigenvalue weighted by Gasteiger charge is -2.25. The van der Waals surface area contributed by atoms with Crippen molar-refractivity contribution in [2.45, 2.75) is 40.0 Å². The first kappa shape index (κ1) is 12.9. The van der Waals surface area contributed by atoms with E-state index in [9.17, 15) is 4.79 Å². The topological polar surface area (TPSA) is 55.1 Å². The Kier molecular flexibility index (Phi) is 3.33. The fourth-order valence-corrected chi connectivity index (χ4v) is 2.80. The molecular formula is C15H22N2O. The van der Waals surface area contributed by atoms with Gasteiger partial charge < -0.3 is 11.1 Å². The summed E-state index contributed by atoms with van der Waals surface area (Å²) < 4.78 is 0. The quantitative estimate of drug-likeness (QED) is 0.786. The zero-order valence-electron chi connectivity index (χ0n) is 11.4. The van der Waals surface area contributed by atoms with Crippen molar-refractivity contribution in [1.82, 2.24) is 0 Å². The summed E-state index contributed by atoms with van der Waals surface area (Å²) in [5.41, 5.74) is 8.49. The Morgan fingerprint density at radius 1 is 1.44 bits per heavy atom. The number of nitrogen functional groups attached to an aromatic ring is 1. The Labute approximate surface area is 109 Å². The summed E-state index contributed by atoms with van der Waals surface area (Å²) in [5.74, 6) is 0.261. The van der Waals surface area contributed by atoms with E-state index in [1.807, 2.05) is 25.1 Å². The summed E-state index contributed by atoms with van der Waals surface area (Å²) in [7, 11) is 0. The fourth-order valence-electron chi connectivity index (χ4n) is 2.80. The van der Waals surface area contributed by atoms with E-state index < -0.39 is 0 Å². The van der Waals surface area contributed by atoms with Crippen LogP contribution in [0.2, 0.25) is 0 Å². The Hall–Kier alpha value is -1.51. The number of hydrogen-bond acceptors (Lipinski definition) is 2. The number of carbonyl (C=O) groups excluding carboxylic acids is 1. The van der Waals surface area contributed by atoms with Crippen LogP contribution >= 0.6 is 0 Å². The largest absolute Gasteiger partial charge is 0.399 e. The maximum Gasteiger partial charge on any atom is 0.228 e. The van der Waals surface area contributed by atoms with Gasteiger partial charge in [-0.2, -0.15) is 0 Å². The van der Waals surface area contributed by atoms with Gasteiger partial charge in [0.2, 0.25) is 5.91 Å². The molecule has 1 amide bonds. The van der Waals surface area contributed by atoms with Crippen molar-refractivity contribution in [2.75, 3.05) is 11.1 Å². The molecule has 1 aliphatic carbocycles. The molecule has 0 bridgehead atoms. The van der Waals surface area contributed by atoms with Crippen LogP contribution in [-0.2, 0) is 4.79 Å². The van der Waals surface area contributed by atoms with E-state index in [0.29, 0.717) is 0 Å². The van der Waals surface area contributed by atoms with Crippen molar-refractivity contribution in [2.24, 2.45) is 11.3 Å². The lowest BCUT2D eigenvalue weighted by molar-refractivity contribution is -0.122. The van der Waals surface area contributed by atoms with Crippen LogP contribution in [0, 0.1) is 18.3 Å². The van der Waals surface area contributed by atoms with Crippen molar-refractivity contribution in [3.8, 4) is 0 Å². The van der Waals surface area contributed by atoms with E-state index in [2.05, 4.69) is 19.2 Å². The van der Waals surface area contributed by atoms with Crippen molar-refractivity contribution in [3.05, 3.63) is 23.8 Å². The SMILES string of the molecule is Cc1cc(NC(=O)C2CCCC2(C)C)ccc1N. The normalized spacial score (nSPS) is 21.8. The third-order valence-electron chi connectivity index (χ3n) is 4.11. The first-order valence-corrected chi connectivity index (χ1v) is 6.57. The van der Waals surface area contributed by atoms with Gasteiger partial charge in [-0.25, -0.2) is 0 Å². The molecule has 1 aliphatic rings. The van der Waals surface area contributed by atoms with Gasteiger partial charge in [-0.3, -0.25) is 4.79 Å². The zero-order valence-corrected chi connectivity index (χ0v) is 11.4. The summed E-state index contributed by atoms with van der Waals surface area (Å²) in [6, 6.07) is 5.63. The molecule has 3 heteroatoms. The second-order valence-electron chi connectivity index (χ2n) is 5.99. The molecule has 1 aromatic rings. The van der Waals surface area contributed by atoms with Gasteiger partial charge in [0.05, 0.1) is 0 Å². The number of nitrogens with one attached hydrogen (secondary N) is 1. The number of carbonyl (C=O) groups is 1. The lowest BCUT2D eigenvalue weighted by Crippen LogP contribution is -2.30. The fraction of sp³-hybridized carbons (Fsp3) is 0.533. The number of rotatable bonds is 2. The summed E-state index contributed by atoms with van der Waals surface area (Å²) in [6.07, 6.45) is 3.27. The van der Waals surface area contributed by atoms with E-state index in [-0.39, 0.29) is 17.2 Å². The monoisotopic (exact) mass is 246 g/mol. The molecule has 18 heavy (non-hydrogen) atoms. The summed E-state index contributed by atoms with van der Waals surface area (Å²) in [4.78, 5) is 12.3. The number of amides is 1. The highest BCUT2D eigenvalue weighted by molar-refractivity contribution is 5.93. The van der Waals surface area contributed by atoms with Crippen LogP contribution in [0.25, 0.3) is 0 Å². The van der Waals surface area contributed by atoms with Gasteiger partial charge >= 0.3 is 0 Å². The van der Waals surface area contributed by atoms with Crippen molar-refractivity contribution in [1.29, 1.82) is 0 Å². The molecule has 0 spiro atoms. The predicted molar refractivity (Wildman–Crippen MR) is 75.3 cm³/mol. The highest BCUT2D eigenvalue weighted by Gasteiger charge is 2.39. The third kappa shape index (κ3) is 2.50. The van der Waals surface area contributed by atoms with Gasteiger partial charge in [0.1, 0.15) is 0 Å². The van der Waals surface area contributed by atoms with Gasteiger partial charge in [-0.1, -0.05) is 20.3 Å². The van der Waals surface area contributed by atoms with Gasteiger partial charge in [-0.05, 0) is 48.9 Å². The third-order valence-corrected chi connectivity index (χ3v) is 4.11. The van der Waals surface area contributed by atoms with E-state index in [1.165, 1.54) is 0 Å². The van der Waals surface area contributed by atoms with Crippen LogP contribution in [0.3, 0.4) is 0 Å². The molecule has 0 aromatic heterocycles. The van der Waals surface area contributed by atoms with E-state index >= 15 is 0 Å². The smallest absolute Gasteiger partial charge is 0.228 e. The Bertz CT molecular complexity index is 466. The molecule has 2 rings (SSSR count). The van der Waals surface area contributed by atoms with Crippen LogP contribution in [-0.4, -0.2) is 5.91 Å². The molecule has 1 unspecified atom stereocenters. The minimum absolute atomic E-state index is 0.118. The number of nitrogens with two attached hydrogens (primary N) is 1. The Morgan fingerprint density at radius 3 is 2.72 bits per heavy atom. The van der Waals surface area contributed by atoms with Crippen LogP contribution < -0.4 is 11.1 Å². The van der Waals surface area contributed by atoms with Crippen LogP contribution in [0.1, 0.15) is 38.7 Å². The first-order valence-electron chi connectivity index (χ1n) is 6.57. The lowest BCUT2D eigenvalue weighted by atomic mass is 9.81. The second-order valence-corrected chi connectivity index (χ2v) is 5.99. The van der Waals surface area contributed by atoms with Gasteiger partial charge in [-0.15, -0.1) is 0 Å². The summed E-state index contributed by atoms with van der Waals surface area (Å²) >= 11 is 0. The van der Waals surface area contributed by atoms with Crippen LogP contribution in [0.5, 0.6) is 0 Å². The van der Waals surface area contributed by atoms with Crippen molar-refractivity contribution in [3.63, 3.8) is 0 Å². The van der Waals surface area contributed by atoms with Gasteiger partial charge in [0, 0.05) is 17.3 Å². The molecular weight excluding hydrogens is 224 g/mol. The maximum absolute atomic E-state index is 12.3. The van der Waals surface area contributed by atoms with Gasteiger partial charge in [0.15, 0.2) is 0 Å². The maximum atomic E-state index is 12.3. The Morgan fingerprint density at radius 2 is 2.17 bits per heavy atom. The minimum Gasteiger partial charge on any atom is -0.399 e. The highest BCUT2D eigenvalue weighted by Crippen LogP contribution is 2.43. The number of anilines is 2. The van der Waals surface area contributed by atoms with E-state index in [4.69, 9.17) is 5.73 Å². The molecule has 98 valence electrons. The van der Waals surface area contributed by atoms with Gasteiger partial charge in [0.25, 0.3) is 0 Å². The Balaban J connectivity index is 2.09. The number of hydrogen-bond donors (Lipinski definition) is 2. The molecule has 3 nitrogen and oxygen atoms in total. The summed E-state index contributed by atoms with van der Waals surface area (Å²) in [6.45, 7) is 6.31. The summed E-state index contributed by atoms with van der Waals surface area (Å²) in [5, 5.41) is 3.01. The molecule has 0 radical (unpaired) electrons. The molecule has 1 saturated carbocycles. The van der Waals surface area contributed by atoms with Crippen LogP contribution in [0.15, 0.2) is 18.2 Å².